The van der Waals surface area contributed by atoms with Crippen molar-refractivity contribution in [2.75, 3.05) is 5.32 Å². The molecule has 0 saturated heterocycles. The van der Waals surface area contributed by atoms with Crippen LogP contribution in [0.4, 0.5) is 11.4 Å². The molecule has 0 aromatic heterocycles. The number of nitrogens with one attached hydrogen (secondary N) is 1. The Hall–Kier alpha value is -4.09. The van der Waals surface area contributed by atoms with Crippen LogP contribution in [0.15, 0.2) is 83.8 Å². The number of nitro groups is 1. The lowest BCUT2D eigenvalue weighted by Crippen LogP contribution is -2.34. The first-order valence-electron chi connectivity index (χ1n) is 11.2. The van der Waals surface area contributed by atoms with E-state index in [0.29, 0.717) is 11.3 Å². The third-order valence-electron chi connectivity index (χ3n) is 4.92. The van der Waals surface area contributed by atoms with Crippen molar-refractivity contribution < 1.29 is 31.9 Å². The summed E-state index contributed by atoms with van der Waals surface area (Å²) in [4.78, 5) is 35.2. The first kappa shape index (κ1) is 27.5. The van der Waals surface area contributed by atoms with Crippen molar-refractivity contribution in [1.29, 1.82) is 0 Å². The van der Waals surface area contributed by atoms with Crippen LogP contribution in [0.25, 0.3) is 0 Å². The molecule has 0 unspecified atom stereocenters. The molecule has 3 aromatic rings. The van der Waals surface area contributed by atoms with Crippen LogP contribution in [0.2, 0.25) is 0 Å². The number of carbonyl (C=O) groups excluding carboxylic acids is 2. The molecule has 37 heavy (non-hydrogen) atoms. The molecule has 1 N–H and O–H groups in total. The predicted molar refractivity (Wildman–Crippen MR) is 136 cm³/mol. The zero-order chi connectivity index (χ0) is 27.2. The first-order chi connectivity index (χ1) is 17.3. The monoisotopic (exact) mass is 526 g/mol. The number of anilines is 1. The largest absolute Gasteiger partial charge is 0.456 e. The second-order valence-corrected chi connectivity index (χ2v) is 10.6. The van der Waals surface area contributed by atoms with Crippen molar-refractivity contribution in [1.82, 2.24) is 0 Å². The van der Waals surface area contributed by atoms with Crippen molar-refractivity contribution >= 4 is 33.4 Å². The fourth-order valence-corrected chi connectivity index (χ4v) is 4.23. The van der Waals surface area contributed by atoms with Crippen molar-refractivity contribution in [3.05, 3.63) is 100 Å². The van der Waals surface area contributed by atoms with Crippen LogP contribution >= 0.6 is 0 Å². The van der Waals surface area contributed by atoms with Gasteiger partial charge in [0, 0.05) is 24.2 Å². The zero-order valence-electron chi connectivity index (χ0n) is 20.4. The van der Waals surface area contributed by atoms with E-state index >= 15 is 0 Å². The maximum absolute atomic E-state index is 13.1. The van der Waals surface area contributed by atoms with Crippen LogP contribution in [0.5, 0.6) is 0 Å². The molecule has 0 aliphatic heterocycles. The summed E-state index contributed by atoms with van der Waals surface area (Å²) >= 11 is 0. The van der Waals surface area contributed by atoms with Gasteiger partial charge in [-0.15, -0.1) is 0 Å². The normalized spacial score (nSPS) is 12.4. The SMILES string of the molecule is CC(C)(C)OC(=O)c1ccc(NC(=O)[C@H](Cc2ccccc2)OS(=O)(=O)c2ccc([N+](=O)[O-])cc2)cc1. The molecular weight excluding hydrogens is 500 g/mol. The van der Waals surface area contributed by atoms with E-state index in [2.05, 4.69) is 5.32 Å². The van der Waals surface area contributed by atoms with Crippen LogP contribution < -0.4 is 5.32 Å². The molecule has 3 aromatic carbocycles. The number of non-ortho nitro benzene ring substituents is 1. The number of rotatable bonds is 9. The van der Waals surface area contributed by atoms with Crippen molar-refractivity contribution in [2.24, 2.45) is 0 Å². The molecule has 0 aliphatic rings. The van der Waals surface area contributed by atoms with Gasteiger partial charge in [0.25, 0.3) is 21.7 Å². The van der Waals surface area contributed by atoms with Gasteiger partial charge in [0.15, 0.2) is 6.10 Å². The number of esters is 1. The number of carbonyl (C=O) groups is 2. The molecule has 194 valence electrons. The molecule has 1 amide bonds. The summed E-state index contributed by atoms with van der Waals surface area (Å²) < 4.78 is 36.4. The minimum atomic E-state index is -4.44. The number of benzene rings is 3. The highest BCUT2D eigenvalue weighted by Crippen LogP contribution is 2.21. The van der Waals surface area contributed by atoms with Gasteiger partial charge in [-0.3, -0.25) is 19.1 Å². The number of nitrogens with zero attached hydrogens (tertiary/aromatic N) is 1. The Morgan fingerprint density at radius 3 is 2.08 bits per heavy atom. The fraction of sp³-hybridized carbons (Fsp3) is 0.231. The van der Waals surface area contributed by atoms with E-state index < -0.39 is 38.6 Å². The summed E-state index contributed by atoms with van der Waals surface area (Å²) in [6.45, 7) is 5.24. The van der Waals surface area contributed by atoms with Gasteiger partial charge in [0.05, 0.1) is 15.4 Å². The van der Waals surface area contributed by atoms with Gasteiger partial charge in [0.1, 0.15) is 5.60 Å². The Kier molecular flexibility index (Phi) is 8.41. The van der Waals surface area contributed by atoms with E-state index in [1.54, 1.807) is 51.1 Å². The molecule has 10 nitrogen and oxygen atoms in total. The van der Waals surface area contributed by atoms with E-state index in [9.17, 15) is 28.1 Å². The number of hydrogen-bond acceptors (Lipinski definition) is 8. The molecule has 0 saturated carbocycles. The quantitative estimate of drug-likeness (QED) is 0.186. The van der Waals surface area contributed by atoms with Gasteiger partial charge in [0.2, 0.25) is 0 Å². The standard InChI is InChI=1S/C26H26N2O8S/c1-26(2,3)35-25(30)19-9-11-20(12-10-19)27-24(29)23(17-18-7-5-4-6-8-18)36-37(33,34)22-15-13-21(14-16-22)28(31)32/h4-16,23H,17H2,1-3H3,(H,27,29)/t23-/m0/s1. The lowest BCUT2D eigenvalue weighted by molar-refractivity contribution is -0.384. The average Bonchev–Trinajstić information content (AvgIpc) is 2.83. The summed E-state index contributed by atoms with van der Waals surface area (Å²) in [5, 5.41) is 13.5. The third kappa shape index (κ3) is 7.95. The molecule has 0 fully saturated rings. The Bertz CT molecular complexity index is 1360. The molecule has 0 spiro atoms. The van der Waals surface area contributed by atoms with Gasteiger partial charge in [-0.1, -0.05) is 30.3 Å². The van der Waals surface area contributed by atoms with E-state index in [-0.39, 0.29) is 22.6 Å². The molecule has 0 bridgehead atoms. The summed E-state index contributed by atoms with van der Waals surface area (Å²) in [5.74, 6) is -1.26. The Morgan fingerprint density at radius 2 is 1.54 bits per heavy atom. The van der Waals surface area contributed by atoms with E-state index in [4.69, 9.17) is 8.92 Å². The second-order valence-electron chi connectivity index (χ2n) is 9.05. The highest BCUT2D eigenvalue weighted by molar-refractivity contribution is 7.86. The Balaban J connectivity index is 1.80. The molecule has 0 heterocycles. The van der Waals surface area contributed by atoms with Crippen molar-refractivity contribution in [3.8, 4) is 0 Å². The lowest BCUT2D eigenvalue weighted by atomic mass is 10.1. The number of ether oxygens (including phenoxy) is 1. The smallest absolute Gasteiger partial charge is 0.338 e. The Labute approximate surface area is 214 Å². The van der Waals surface area contributed by atoms with Crippen molar-refractivity contribution in [2.45, 2.75) is 43.8 Å². The maximum Gasteiger partial charge on any atom is 0.338 e. The van der Waals surface area contributed by atoms with Gasteiger partial charge < -0.3 is 10.1 Å². The molecule has 3 rings (SSSR count). The number of hydrogen-bond donors (Lipinski definition) is 1. The molecule has 0 radical (unpaired) electrons. The summed E-state index contributed by atoms with van der Waals surface area (Å²) in [6, 6.07) is 18.8. The van der Waals surface area contributed by atoms with Gasteiger partial charge >= 0.3 is 5.97 Å². The first-order valence-corrected chi connectivity index (χ1v) is 12.6. The molecule has 0 aliphatic carbocycles. The highest BCUT2D eigenvalue weighted by Gasteiger charge is 2.29. The molecular formula is C26H26N2O8S. The minimum absolute atomic E-state index is 0.0606. The molecule has 1 atom stereocenters. The Morgan fingerprint density at radius 1 is 0.946 bits per heavy atom. The van der Waals surface area contributed by atoms with Gasteiger partial charge in [-0.05, 0) is 62.7 Å². The van der Waals surface area contributed by atoms with Gasteiger partial charge in [-0.25, -0.2) is 4.79 Å². The van der Waals surface area contributed by atoms with Crippen LogP contribution in [0, 0.1) is 10.1 Å². The van der Waals surface area contributed by atoms with Crippen molar-refractivity contribution in [3.63, 3.8) is 0 Å². The third-order valence-corrected chi connectivity index (χ3v) is 6.26. The van der Waals surface area contributed by atoms with E-state index in [1.807, 2.05) is 0 Å². The van der Waals surface area contributed by atoms with Crippen LogP contribution in [-0.2, 0) is 30.3 Å². The predicted octanol–water partition coefficient (Wildman–Crippen LogP) is 4.51. The summed E-state index contributed by atoms with van der Waals surface area (Å²) in [6.07, 6.45) is -1.51. The maximum atomic E-state index is 13.1. The number of nitro benzene ring substituents is 1. The summed E-state index contributed by atoms with van der Waals surface area (Å²) in [7, 11) is -4.44. The van der Waals surface area contributed by atoms with E-state index in [1.165, 1.54) is 24.3 Å². The highest BCUT2D eigenvalue weighted by atomic mass is 32.2. The van der Waals surface area contributed by atoms with Gasteiger partial charge in [-0.2, -0.15) is 8.42 Å². The molecule has 11 heteroatoms. The van der Waals surface area contributed by atoms with Crippen LogP contribution in [0.1, 0.15) is 36.7 Å². The van der Waals surface area contributed by atoms with E-state index in [0.717, 1.165) is 24.3 Å². The number of amides is 1. The summed E-state index contributed by atoms with van der Waals surface area (Å²) in [5.41, 5.74) is 0.299. The fourth-order valence-electron chi connectivity index (χ4n) is 3.19. The zero-order valence-corrected chi connectivity index (χ0v) is 21.2. The average molecular weight is 527 g/mol. The second kappa shape index (κ2) is 11.3. The van der Waals surface area contributed by atoms with Crippen LogP contribution in [0.3, 0.4) is 0 Å². The van der Waals surface area contributed by atoms with Crippen LogP contribution in [-0.4, -0.2) is 36.9 Å². The lowest BCUT2D eigenvalue weighted by Gasteiger charge is -2.20. The topological polar surface area (TPSA) is 142 Å². The minimum Gasteiger partial charge on any atom is -0.456 e.